The molecule has 0 fully saturated rings. The highest BCUT2D eigenvalue weighted by Crippen LogP contribution is 2.15. The van der Waals surface area contributed by atoms with Gasteiger partial charge in [0.15, 0.2) is 0 Å². The van der Waals surface area contributed by atoms with Crippen molar-refractivity contribution in [3.8, 4) is 0 Å². The maximum Gasteiger partial charge on any atom is 0.251 e. The summed E-state index contributed by atoms with van der Waals surface area (Å²) in [4.78, 5) is 18.4. The van der Waals surface area contributed by atoms with E-state index in [9.17, 15) is 4.79 Å². The third-order valence-corrected chi connectivity index (χ3v) is 3.88. The topological polar surface area (TPSA) is 68.0 Å². The van der Waals surface area contributed by atoms with E-state index in [0.29, 0.717) is 18.7 Å². The zero-order valence-corrected chi connectivity index (χ0v) is 18.7. The van der Waals surface area contributed by atoms with Gasteiger partial charge in [-0.1, -0.05) is 26.0 Å². The Labute approximate surface area is 179 Å². The number of fused-ring (bicyclic) bond motifs is 1. The Bertz CT molecular complexity index is 909. The second kappa shape index (κ2) is 13.9. The molecule has 7 heteroatoms. The van der Waals surface area contributed by atoms with E-state index >= 15 is 0 Å². The first-order valence-corrected chi connectivity index (χ1v) is 10.2. The summed E-state index contributed by atoms with van der Waals surface area (Å²) in [6.07, 6.45) is 11.1. The average molecular weight is 411 g/mol. The smallest absolute Gasteiger partial charge is 0.251 e. The largest absolute Gasteiger partial charge is 0.351 e. The van der Waals surface area contributed by atoms with E-state index < -0.39 is 0 Å². The summed E-state index contributed by atoms with van der Waals surface area (Å²) in [6, 6.07) is 7.46. The number of hydrogen-bond donors (Lipinski definition) is 1. The van der Waals surface area contributed by atoms with E-state index in [1.807, 2.05) is 93.1 Å². The molecule has 30 heavy (non-hydrogen) atoms. The van der Waals surface area contributed by atoms with Crippen LogP contribution in [0, 0.1) is 0 Å². The van der Waals surface area contributed by atoms with E-state index in [0.717, 1.165) is 17.6 Å². The minimum Gasteiger partial charge on any atom is -0.351 e. The summed E-state index contributed by atoms with van der Waals surface area (Å²) >= 11 is 0. The van der Waals surface area contributed by atoms with Crippen LogP contribution in [0.5, 0.6) is 0 Å². The summed E-state index contributed by atoms with van der Waals surface area (Å²) in [7, 11) is 3.95. The third kappa shape index (κ3) is 8.05. The fourth-order valence-electron chi connectivity index (χ4n) is 2.51. The van der Waals surface area contributed by atoms with Crippen LogP contribution in [-0.2, 0) is 6.54 Å². The fourth-order valence-corrected chi connectivity index (χ4v) is 2.51. The summed E-state index contributed by atoms with van der Waals surface area (Å²) in [5.74, 6) is -0.0629. The molecule has 0 saturated carbocycles. The predicted molar refractivity (Wildman–Crippen MR) is 125 cm³/mol. The number of aromatic nitrogens is 4. The first kappa shape index (κ1) is 24.8. The monoisotopic (exact) mass is 410 g/mol. The Balaban J connectivity index is 0.000000375. The van der Waals surface area contributed by atoms with Gasteiger partial charge in [0.2, 0.25) is 0 Å². The summed E-state index contributed by atoms with van der Waals surface area (Å²) in [5, 5.41) is 6.83. The number of carbonyl (C=O) groups excluding carboxylic acids is 1. The predicted octanol–water partition coefficient (Wildman–Crippen LogP) is 3.91. The molecule has 3 aromatic rings. The van der Waals surface area contributed by atoms with Crippen LogP contribution < -0.4 is 5.32 Å². The lowest BCUT2D eigenvalue weighted by molar-refractivity contribution is 0.0951. The Morgan fingerprint density at radius 1 is 1.30 bits per heavy atom. The molecular weight excluding hydrogens is 376 g/mol. The standard InChI is InChI=1S/C15H20N4O.C6H8N2.C2H6/c1-4-8-19-11-17-13-10-12(5-6-14(13)19)15(20)16-7-9-18(2)3;1-2-5-8-6-3-4-7-8;1-2/h4-6,10-11H,1,7-9H2,2-3H3,(H,16,20);2-6H,1H3;1-2H3/b;5-2+;. The second-order valence-corrected chi connectivity index (χ2v) is 6.42. The van der Waals surface area contributed by atoms with Crippen LogP contribution in [0.4, 0.5) is 0 Å². The van der Waals surface area contributed by atoms with Gasteiger partial charge in [0.1, 0.15) is 0 Å². The molecule has 1 amide bonds. The van der Waals surface area contributed by atoms with Crippen molar-refractivity contribution >= 4 is 23.1 Å². The van der Waals surface area contributed by atoms with Crippen LogP contribution >= 0.6 is 0 Å². The van der Waals surface area contributed by atoms with E-state index in [4.69, 9.17) is 0 Å². The van der Waals surface area contributed by atoms with Crippen LogP contribution in [-0.4, -0.2) is 57.3 Å². The maximum absolute atomic E-state index is 12.0. The molecule has 0 aliphatic rings. The third-order valence-electron chi connectivity index (χ3n) is 3.88. The number of amides is 1. The van der Waals surface area contributed by atoms with Gasteiger partial charge >= 0.3 is 0 Å². The minimum atomic E-state index is -0.0629. The van der Waals surface area contributed by atoms with Crippen LogP contribution in [0.1, 0.15) is 31.1 Å². The Kier molecular flexibility index (Phi) is 11.5. The highest BCUT2D eigenvalue weighted by atomic mass is 16.1. The van der Waals surface area contributed by atoms with Crippen LogP contribution in [0.25, 0.3) is 17.2 Å². The molecule has 0 unspecified atom stereocenters. The van der Waals surface area contributed by atoms with Gasteiger partial charge in [-0.3, -0.25) is 4.79 Å². The lowest BCUT2D eigenvalue weighted by Crippen LogP contribution is -2.31. The Morgan fingerprint density at radius 2 is 2.07 bits per heavy atom. The second-order valence-electron chi connectivity index (χ2n) is 6.42. The summed E-state index contributed by atoms with van der Waals surface area (Å²) < 4.78 is 3.75. The molecule has 1 N–H and O–H groups in total. The molecule has 0 aliphatic carbocycles. The zero-order valence-electron chi connectivity index (χ0n) is 18.7. The van der Waals surface area contributed by atoms with Gasteiger partial charge in [0.25, 0.3) is 5.91 Å². The quantitative estimate of drug-likeness (QED) is 0.600. The lowest BCUT2D eigenvalue weighted by atomic mass is 10.2. The molecule has 0 radical (unpaired) electrons. The number of nitrogens with one attached hydrogen (secondary N) is 1. The van der Waals surface area contributed by atoms with Crippen molar-refractivity contribution in [2.75, 3.05) is 27.2 Å². The highest BCUT2D eigenvalue weighted by molar-refractivity contribution is 5.97. The van der Waals surface area contributed by atoms with Crippen molar-refractivity contribution in [2.45, 2.75) is 27.3 Å². The summed E-state index contributed by atoms with van der Waals surface area (Å²) in [5.41, 5.74) is 2.47. The Morgan fingerprint density at radius 3 is 2.67 bits per heavy atom. The van der Waals surface area contributed by atoms with Gasteiger partial charge in [-0.15, -0.1) is 6.58 Å². The fraction of sp³-hybridized carbons (Fsp3) is 0.348. The molecule has 0 atom stereocenters. The number of carbonyl (C=O) groups is 1. The first-order valence-electron chi connectivity index (χ1n) is 10.2. The van der Waals surface area contributed by atoms with Gasteiger partial charge < -0.3 is 14.8 Å². The molecule has 2 heterocycles. The minimum absolute atomic E-state index is 0.0629. The van der Waals surface area contributed by atoms with Gasteiger partial charge in [-0.25, -0.2) is 9.67 Å². The molecule has 0 bridgehead atoms. The van der Waals surface area contributed by atoms with Crippen molar-refractivity contribution in [3.63, 3.8) is 0 Å². The van der Waals surface area contributed by atoms with E-state index in [1.165, 1.54) is 0 Å². The number of hydrogen-bond acceptors (Lipinski definition) is 4. The van der Waals surface area contributed by atoms with Crippen molar-refractivity contribution in [2.24, 2.45) is 0 Å². The number of imidazole rings is 1. The van der Waals surface area contributed by atoms with Crippen molar-refractivity contribution < 1.29 is 4.79 Å². The van der Waals surface area contributed by atoms with Crippen molar-refractivity contribution in [1.29, 1.82) is 0 Å². The summed E-state index contributed by atoms with van der Waals surface area (Å²) in [6.45, 7) is 11.8. The number of rotatable bonds is 7. The molecule has 0 saturated heterocycles. The number of benzene rings is 1. The van der Waals surface area contributed by atoms with Gasteiger partial charge in [0.05, 0.1) is 17.4 Å². The maximum atomic E-state index is 12.0. The van der Waals surface area contributed by atoms with E-state index in [2.05, 4.69) is 22.0 Å². The highest BCUT2D eigenvalue weighted by Gasteiger charge is 2.08. The molecule has 2 aromatic heterocycles. The molecule has 7 nitrogen and oxygen atoms in total. The molecule has 162 valence electrons. The molecule has 1 aromatic carbocycles. The van der Waals surface area contributed by atoms with Crippen molar-refractivity contribution in [3.05, 3.63) is 67.3 Å². The van der Waals surface area contributed by atoms with Gasteiger partial charge in [0, 0.05) is 43.8 Å². The molecular formula is C23H34N6O. The van der Waals surface area contributed by atoms with Crippen LogP contribution in [0.2, 0.25) is 0 Å². The van der Waals surface area contributed by atoms with Gasteiger partial charge in [-0.05, 0) is 45.3 Å². The van der Waals surface area contributed by atoms with Gasteiger partial charge in [-0.2, -0.15) is 5.10 Å². The Hall–Kier alpha value is -3.19. The van der Waals surface area contributed by atoms with Crippen molar-refractivity contribution in [1.82, 2.24) is 29.5 Å². The SMILES string of the molecule is C/C=C/n1cccn1.C=CCn1cnc2cc(C(=O)NCCN(C)C)ccc21.CC. The molecule has 0 aliphatic heterocycles. The van der Waals surface area contributed by atoms with E-state index in [1.54, 1.807) is 17.2 Å². The normalized spacial score (nSPS) is 10.3. The van der Waals surface area contributed by atoms with E-state index in [-0.39, 0.29) is 5.91 Å². The molecule has 3 rings (SSSR count). The average Bonchev–Trinajstić information content (AvgIpc) is 3.40. The lowest BCUT2D eigenvalue weighted by Gasteiger charge is -2.10. The zero-order chi connectivity index (χ0) is 22.4. The van der Waals surface area contributed by atoms with Crippen LogP contribution in [0.15, 0.2) is 61.7 Å². The first-order chi connectivity index (χ1) is 14.5. The number of allylic oxidation sites excluding steroid dienone is 2. The number of nitrogens with zero attached hydrogens (tertiary/aromatic N) is 5. The van der Waals surface area contributed by atoms with Crippen LogP contribution in [0.3, 0.4) is 0 Å². The number of likely N-dealkylation sites (N-methyl/N-ethyl adjacent to an activating group) is 1. The molecule has 0 spiro atoms.